The summed E-state index contributed by atoms with van der Waals surface area (Å²) < 4.78 is 5.19. The van der Waals surface area contributed by atoms with Crippen molar-refractivity contribution in [3.63, 3.8) is 0 Å². The average Bonchev–Trinajstić information content (AvgIpc) is 3.35. The zero-order chi connectivity index (χ0) is 25.5. The van der Waals surface area contributed by atoms with E-state index in [0.29, 0.717) is 29.7 Å². The standard InChI is InChI=1S/C29H28N2O5/c1-36-24-14-12-20(13-15-24)18-25(31-26(32)21-8-4-2-5-9-21)27(33)30-23-16-17-29(19-23,28(34)35)22-10-6-3-7-11-22/h2-15,18,23H,16-17,19H2,1H3,(H,30,33)(H,31,32)(H,34,35)/b25-18-/t23-,29+/m0/s1. The van der Waals surface area contributed by atoms with E-state index in [9.17, 15) is 19.5 Å². The number of carboxylic acid groups (broad SMARTS) is 1. The third-order valence-electron chi connectivity index (χ3n) is 6.54. The van der Waals surface area contributed by atoms with E-state index in [2.05, 4.69) is 10.6 Å². The number of carboxylic acids is 1. The smallest absolute Gasteiger partial charge is 0.314 e. The molecule has 3 N–H and O–H groups in total. The van der Waals surface area contributed by atoms with Gasteiger partial charge in [-0.15, -0.1) is 0 Å². The van der Waals surface area contributed by atoms with Crippen LogP contribution in [0.4, 0.5) is 0 Å². The summed E-state index contributed by atoms with van der Waals surface area (Å²) in [7, 11) is 1.57. The van der Waals surface area contributed by atoms with Gasteiger partial charge in [-0.25, -0.2) is 0 Å². The molecule has 7 nitrogen and oxygen atoms in total. The maximum Gasteiger partial charge on any atom is 0.314 e. The fourth-order valence-electron chi connectivity index (χ4n) is 4.58. The first-order valence-electron chi connectivity index (χ1n) is 11.7. The van der Waals surface area contributed by atoms with Gasteiger partial charge in [0.2, 0.25) is 0 Å². The Morgan fingerprint density at radius 1 is 0.944 bits per heavy atom. The maximum absolute atomic E-state index is 13.3. The van der Waals surface area contributed by atoms with Gasteiger partial charge in [0.25, 0.3) is 11.8 Å². The van der Waals surface area contributed by atoms with Gasteiger partial charge in [0.1, 0.15) is 11.4 Å². The number of methoxy groups -OCH3 is 1. The molecule has 1 saturated carbocycles. The lowest BCUT2D eigenvalue weighted by Crippen LogP contribution is -2.41. The second-order valence-corrected chi connectivity index (χ2v) is 8.82. The summed E-state index contributed by atoms with van der Waals surface area (Å²) in [6.07, 6.45) is 2.77. The van der Waals surface area contributed by atoms with E-state index in [0.717, 1.165) is 5.56 Å². The number of ether oxygens (including phenoxy) is 1. The van der Waals surface area contributed by atoms with Crippen LogP contribution in [0.15, 0.2) is 90.6 Å². The van der Waals surface area contributed by atoms with Crippen LogP contribution in [-0.2, 0) is 15.0 Å². The van der Waals surface area contributed by atoms with Gasteiger partial charge in [-0.1, -0.05) is 60.7 Å². The Kier molecular flexibility index (Phi) is 7.49. The predicted octanol–water partition coefficient (Wildman–Crippen LogP) is 4.16. The Morgan fingerprint density at radius 2 is 1.58 bits per heavy atom. The van der Waals surface area contributed by atoms with Crippen molar-refractivity contribution in [3.8, 4) is 5.75 Å². The van der Waals surface area contributed by atoms with Gasteiger partial charge in [0.05, 0.1) is 12.5 Å². The van der Waals surface area contributed by atoms with E-state index in [1.54, 1.807) is 67.8 Å². The lowest BCUT2D eigenvalue weighted by molar-refractivity contribution is -0.143. The van der Waals surface area contributed by atoms with Crippen molar-refractivity contribution in [1.29, 1.82) is 0 Å². The van der Waals surface area contributed by atoms with Gasteiger partial charge < -0.3 is 20.5 Å². The molecule has 2 atom stereocenters. The summed E-state index contributed by atoms with van der Waals surface area (Å²) in [5.41, 5.74) is 0.847. The topological polar surface area (TPSA) is 105 Å². The van der Waals surface area contributed by atoms with Gasteiger partial charge >= 0.3 is 5.97 Å². The molecule has 0 saturated heterocycles. The fraction of sp³-hybridized carbons (Fsp3) is 0.207. The number of hydrogen-bond acceptors (Lipinski definition) is 4. The summed E-state index contributed by atoms with van der Waals surface area (Å²) in [4.78, 5) is 38.5. The number of carbonyl (C=O) groups excluding carboxylic acids is 2. The molecule has 1 aliphatic rings. The normalized spacial score (nSPS) is 19.4. The summed E-state index contributed by atoms with van der Waals surface area (Å²) in [5, 5.41) is 15.7. The van der Waals surface area contributed by atoms with Gasteiger partial charge in [0.15, 0.2) is 0 Å². The van der Waals surface area contributed by atoms with Crippen LogP contribution in [0.5, 0.6) is 5.75 Å². The number of nitrogens with one attached hydrogen (secondary N) is 2. The van der Waals surface area contributed by atoms with E-state index in [4.69, 9.17) is 4.74 Å². The molecular formula is C29H28N2O5. The highest BCUT2D eigenvalue weighted by molar-refractivity contribution is 6.05. The minimum absolute atomic E-state index is 0.0709. The van der Waals surface area contributed by atoms with E-state index < -0.39 is 23.2 Å². The monoisotopic (exact) mass is 484 g/mol. The molecule has 1 fully saturated rings. The van der Waals surface area contributed by atoms with Crippen molar-refractivity contribution in [2.45, 2.75) is 30.7 Å². The van der Waals surface area contributed by atoms with E-state index in [1.807, 2.05) is 30.3 Å². The zero-order valence-electron chi connectivity index (χ0n) is 19.9. The van der Waals surface area contributed by atoms with Crippen LogP contribution in [0.1, 0.15) is 40.7 Å². The Bertz CT molecular complexity index is 1260. The van der Waals surface area contributed by atoms with Crippen LogP contribution in [0.2, 0.25) is 0 Å². The quantitative estimate of drug-likeness (QED) is 0.417. The lowest BCUT2D eigenvalue weighted by Gasteiger charge is -2.25. The van der Waals surface area contributed by atoms with Crippen molar-refractivity contribution >= 4 is 23.9 Å². The number of rotatable bonds is 8. The Labute approximate surface area is 209 Å². The number of aliphatic carboxylic acids is 1. The summed E-state index contributed by atoms with van der Waals surface area (Å²) in [6.45, 7) is 0. The van der Waals surface area contributed by atoms with Gasteiger partial charge in [-0.3, -0.25) is 14.4 Å². The largest absolute Gasteiger partial charge is 0.497 e. The van der Waals surface area contributed by atoms with Gasteiger partial charge in [-0.05, 0) is 60.7 Å². The first kappa shape index (κ1) is 24.7. The van der Waals surface area contributed by atoms with Crippen molar-refractivity contribution in [2.75, 3.05) is 7.11 Å². The van der Waals surface area contributed by atoms with Crippen LogP contribution < -0.4 is 15.4 Å². The molecule has 0 unspecified atom stereocenters. The highest BCUT2D eigenvalue weighted by Crippen LogP contribution is 2.41. The number of benzene rings is 3. The summed E-state index contributed by atoms with van der Waals surface area (Å²) in [6, 6.07) is 24.5. The molecule has 1 aliphatic carbocycles. The summed E-state index contributed by atoms with van der Waals surface area (Å²) in [5.74, 6) is -1.13. The maximum atomic E-state index is 13.3. The Balaban J connectivity index is 1.56. The molecule has 0 heterocycles. The van der Waals surface area contributed by atoms with Crippen LogP contribution in [0.3, 0.4) is 0 Å². The zero-order valence-corrected chi connectivity index (χ0v) is 19.9. The first-order chi connectivity index (χ1) is 17.4. The molecule has 0 aromatic heterocycles. The number of hydrogen-bond donors (Lipinski definition) is 3. The third-order valence-corrected chi connectivity index (χ3v) is 6.54. The van der Waals surface area contributed by atoms with E-state index in [-0.39, 0.29) is 18.2 Å². The minimum atomic E-state index is -1.06. The van der Waals surface area contributed by atoms with Crippen LogP contribution in [0.25, 0.3) is 6.08 Å². The molecule has 36 heavy (non-hydrogen) atoms. The molecule has 2 amide bonds. The molecule has 3 aromatic carbocycles. The molecular weight excluding hydrogens is 456 g/mol. The molecule has 0 radical (unpaired) electrons. The first-order valence-corrected chi connectivity index (χ1v) is 11.7. The molecule has 0 spiro atoms. The van der Waals surface area contributed by atoms with Crippen molar-refractivity contribution < 1.29 is 24.2 Å². The lowest BCUT2D eigenvalue weighted by atomic mass is 9.79. The fourth-order valence-corrected chi connectivity index (χ4v) is 4.58. The van der Waals surface area contributed by atoms with Crippen LogP contribution >= 0.6 is 0 Å². The molecule has 7 heteroatoms. The average molecular weight is 485 g/mol. The second-order valence-electron chi connectivity index (χ2n) is 8.82. The molecule has 0 bridgehead atoms. The highest BCUT2D eigenvalue weighted by Gasteiger charge is 2.47. The molecule has 184 valence electrons. The summed E-state index contributed by atoms with van der Waals surface area (Å²) >= 11 is 0. The van der Waals surface area contributed by atoms with Crippen molar-refractivity contribution in [3.05, 3.63) is 107 Å². The van der Waals surface area contributed by atoms with Crippen LogP contribution in [-0.4, -0.2) is 36.0 Å². The van der Waals surface area contributed by atoms with E-state index >= 15 is 0 Å². The minimum Gasteiger partial charge on any atom is -0.497 e. The number of amides is 2. The molecule has 0 aliphatic heterocycles. The van der Waals surface area contributed by atoms with Crippen LogP contribution in [0, 0.1) is 0 Å². The SMILES string of the molecule is COc1ccc(/C=C(\NC(=O)c2ccccc2)C(=O)N[C@H]2CC[C@](C(=O)O)(c3ccccc3)C2)cc1. The third kappa shape index (κ3) is 5.46. The predicted molar refractivity (Wildman–Crippen MR) is 136 cm³/mol. The molecule has 4 rings (SSSR count). The van der Waals surface area contributed by atoms with E-state index in [1.165, 1.54) is 0 Å². The highest BCUT2D eigenvalue weighted by atomic mass is 16.5. The number of carbonyl (C=O) groups is 3. The van der Waals surface area contributed by atoms with Gasteiger partial charge in [-0.2, -0.15) is 0 Å². The Hall–Kier alpha value is -4.39. The Morgan fingerprint density at radius 3 is 2.19 bits per heavy atom. The molecule has 3 aromatic rings. The van der Waals surface area contributed by atoms with Crippen molar-refractivity contribution in [1.82, 2.24) is 10.6 Å². The van der Waals surface area contributed by atoms with Gasteiger partial charge in [0, 0.05) is 11.6 Å². The second kappa shape index (κ2) is 10.9. The van der Waals surface area contributed by atoms with Crippen molar-refractivity contribution in [2.24, 2.45) is 0 Å².